The molecule has 3 rings (SSSR count). The molecule has 1 amide bonds. The van der Waals surface area contributed by atoms with E-state index < -0.39 is 0 Å². The van der Waals surface area contributed by atoms with Crippen LogP contribution in [0.2, 0.25) is 0 Å². The molecule has 0 bridgehead atoms. The standard InChI is InChI=1S/C21H25NO3/c1-16-6-8-19(9-7-16)25-15-17-10-12-22(13-11-17)21(23)18-4-3-5-20(14-18)24-2/h3-9,14,17H,10-13,15H2,1-2H3. The van der Waals surface area contributed by atoms with Gasteiger partial charge in [-0.3, -0.25) is 4.79 Å². The quantitative estimate of drug-likeness (QED) is 0.828. The molecule has 0 saturated carbocycles. The van der Waals surface area contributed by atoms with Crippen LogP contribution in [0, 0.1) is 12.8 Å². The Labute approximate surface area is 149 Å². The largest absolute Gasteiger partial charge is 0.497 e. The van der Waals surface area contributed by atoms with Gasteiger partial charge >= 0.3 is 0 Å². The Morgan fingerprint density at radius 3 is 2.48 bits per heavy atom. The zero-order valence-electron chi connectivity index (χ0n) is 14.9. The summed E-state index contributed by atoms with van der Waals surface area (Å²) in [6, 6.07) is 15.5. The van der Waals surface area contributed by atoms with Gasteiger partial charge in [-0.1, -0.05) is 23.8 Å². The molecule has 0 aliphatic carbocycles. The maximum absolute atomic E-state index is 12.6. The zero-order valence-corrected chi connectivity index (χ0v) is 14.9. The highest BCUT2D eigenvalue weighted by Crippen LogP contribution is 2.22. The number of ether oxygens (including phenoxy) is 2. The van der Waals surface area contributed by atoms with Gasteiger partial charge in [0.25, 0.3) is 5.91 Å². The van der Waals surface area contributed by atoms with Gasteiger partial charge in [-0.05, 0) is 56.0 Å². The number of aryl methyl sites for hydroxylation is 1. The van der Waals surface area contributed by atoms with Gasteiger partial charge in [0.05, 0.1) is 13.7 Å². The Morgan fingerprint density at radius 1 is 1.08 bits per heavy atom. The van der Waals surface area contributed by atoms with Gasteiger partial charge in [-0.15, -0.1) is 0 Å². The maximum atomic E-state index is 12.6. The Hall–Kier alpha value is -2.49. The fourth-order valence-electron chi connectivity index (χ4n) is 3.09. The SMILES string of the molecule is COc1cccc(C(=O)N2CCC(COc3ccc(C)cc3)CC2)c1. The van der Waals surface area contributed by atoms with Gasteiger partial charge in [0.2, 0.25) is 0 Å². The van der Waals surface area contributed by atoms with E-state index in [4.69, 9.17) is 9.47 Å². The summed E-state index contributed by atoms with van der Waals surface area (Å²) in [4.78, 5) is 14.6. The first-order chi connectivity index (χ1) is 12.2. The van der Waals surface area contributed by atoms with E-state index in [-0.39, 0.29) is 5.91 Å². The Bertz CT molecular complexity index is 703. The first kappa shape index (κ1) is 17.3. The molecule has 2 aromatic carbocycles. The molecule has 1 fully saturated rings. The number of nitrogens with zero attached hydrogens (tertiary/aromatic N) is 1. The lowest BCUT2D eigenvalue weighted by Gasteiger charge is -2.32. The van der Waals surface area contributed by atoms with Crippen molar-refractivity contribution in [1.82, 2.24) is 4.90 Å². The second-order valence-corrected chi connectivity index (χ2v) is 6.59. The molecule has 0 unspecified atom stereocenters. The van der Waals surface area contributed by atoms with Crippen LogP contribution >= 0.6 is 0 Å². The molecule has 2 aromatic rings. The number of hydrogen-bond donors (Lipinski definition) is 0. The second kappa shape index (κ2) is 8.06. The van der Waals surface area contributed by atoms with Gasteiger partial charge in [-0.25, -0.2) is 0 Å². The third-order valence-corrected chi connectivity index (χ3v) is 4.73. The van der Waals surface area contributed by atoms with E-state index in [0.29, 0.717) is 23.8 Å². The highest BCUT2D eigenvalue weighted by Gasteiger charge is 2.24. The average Bonchev–Trinajstić information content (AvgIpc) is 2.67. The molecule has 1 aliphatic heterocycles. The number of likely N-dealkylation sites (tertiary alicyclic amines) is 1. The van der Waals surface area contributed by atoms with Crippen LogP contribution in [-0.4, -0.2) is 37.6 Å². The number of hydrogen-bond acceptors (Lipinski definition) is 3. The maximum Gasteiger partial charge on any atom is 0.253 e. The predicted octanol–water partition coefficient (Wildman–Crippen LogP) is 3.93. The first-order valence-corrected chi connectivity index (χ1v) is 8.78. The van der Waals surface area contributed by atoms with Crippen molar-refractivity contribution in [3.8, 4) is 11.5 Å². The predicted molar refractivity (Wildman–Crippen MR) is 98.3 cm³/mol. The average molecular weight is 339 g/mol. The van der Waals surface area contributed by atoms with Crippen LogP contribution in [0.1, 0.15) is 28.8 Å². The number of carbonyl (C=O) groups excluding carboxylic acids is 1. The summed E-state index contributed by atoms with van der Waals surface area (Å²) in [5.74, 6) is 2.21. The van der Waals surface area contributed by atoms with Crippen LogP contribution in [0.15, 0.2) is 48.5 Å². The van der Waals surface area contributed by atoms with Crippen molar-refractivity contribution >= 4 is 5.91 Å². The van der Waals surface area contributed by atoms with Gasteiger partial charge in [0, 0.05) is 18.7 Å². The summed E-state index contributed by atoms with van der Waals surface area (Å²) in [6.07, 6.45) is 1.95. The molecule has 0 spiro atoms. The number of benzene rings is 2. The van der Waals surface area contributed by atoms with Crippen molar-refractivity contribution in [2.24, 2.45) is 5.92 Å². The van der Waals surface area contributed by atoms with Crippen LogP contribution in [0.4, 0.5) is 0 Å². The van der Waals surface area contributed by atoms with Gasteiger partial charge in [0.15, 0.2) is 0 Å². The van der Waals surface area contributed by atoms with Crippen molar-refractivity contribution in [1.29, 1.82) is 0 Å². The van der Waals surface area contributed by atoms with Crippen molar-refractivity contribution in [2.45, 2.75) is 19.8 Å². The summed E-state index contributed by atoms with van der Waals surface area (Å²) in [5.41, 5.74) is 1.92. The van der Waals surface area contributed by atoms with Crippen molar-refractivity contribution in [3.63, 3.8) is 0 Å². The van der Waals surface area contributed by atoms with E-state index in [1.807, 2.05) is 35.2 Å². The third-order valence-electron chi connectivity index (χ3n) is 4.73. The molecule has 4 heteroatoms. The number of methoxy groups -OCH3 is 1. The molecule has 0 radical (unpaired) electrons. The molecule has 1 aliphatic rings. The van der Waals surface area contributed by atoms with E-state index in [9.17, 15) is 4.79 Å². The highest BCUT2D eigenvalue weighted by atomic mass is 16.5. The number of amides is 1. The fourth-order valence-corrected chi connectivity index (χ4v) is 3.09. The lowest BCUT2D eigenvalue weighted by molar-refractivity contribution is 0.0660. The van der Waals surface area contributed by atoms with Crippen LogP contribution in [0.25, 0.3) is 0 Å². The lowest BCUT2D eigenvalue weighted by Crippen LogP contribution is -2.39. The van der Waals surface area contributed by atoms with Gasteiger partial charge in [0.1, 0.15) is 11.5 Å². The summed E-state index contributed by atoms with van der Waals surface area (Å²) < 4.78 is 11.1. The Balaban J connectivity index is 1.49. The fraction of sp³-hybridized carbons (Fsp3) is 0.381. The smallest absolute Gasteiger partial charge is 0.253 e. The topological polar surface area (TPSA) is 38.8 Å². The molecule has 1 heterocycles. The van der Waals surface area contributed by atoms with E-state index >= 15 is 0 Å². The third kappa shape index (κ3) is 4.53. The van der Waals surface area contributed by atoms with Crippen LogP contribution in [0.3, 0.4) is 0 Å². The minimum Gasteiger partial charge on any atom is -0.497 e. The van der Waals surface area contributed by atoms with Crippen molar-refractivity contribution in [2.75, 3.05) is 26.8 Å². The molecule has 0 aromatic heterocycles. The molecule has 4 nitrogen and oxygen atoms in total. The van der Waals surface area contributed by atoms with E-state index in [1.165, 1.54) is 5.56 Å². The minimum absolute atomic E-state index is 0.0804. The van der Waals surface area contributed by atoms with Crippen molar-refractivity contribution in [3.05, 3.63) is 59.7 Å². The second-order valence-electron chi connectivity index (χ2n) is 6.59. The summed E-state index contributed by atoms with van der Waals surface area (Å²) >= 11 is 0. The molecule has 25 heavy (non-hydrogen) atoms. The minimum atomic E-state index is 0.0804. The molecule has 1 saturated heterocycles. The molecule has 0 atom stereocenters. The van der Waals surface area contributed by atoms with Crippen LogP contribution in [-0.2, 0) is 0 Å². The van der Waals surface area contributed by atoms with Crippen LogP contribution < -0.4 is 9.47 Å². The summed E-state index contributed by atoms with van der Waals surface area (Å²) in [5, 5.41) is 0. The van der Waals surface area contributed by atoms with E-state index in [1.54, 1.807) is 13.2 Å². The highest BCUT2D eigenvalue weighted by molar-refractivity contribution is 5.94. The van der Waals surface area contributed by atoms with E-state index in [0.717, 1.165) is 31.7 Å². The summed E-state index contributed by atoms with van der Waals surface area (Å²) in [7, 11) is 1.61. The number of rotatable bonds is 5. The van der Waals surface area contributed by atoms with Gasteiger partial charge < -0.3 is 14.4 Å². The molecular formula is C21H25NO3. The van der Waals surface area contributed by atoms with E-state index in [2.05, 4.69) is 19.1 Å². The molecular weight excluding hydrogens is 314 g/mol. The molecule has 132 valence electrons. The number of carbonyl (C=O) groups is 1. The van der Waals surface area contributed by atoms with Gasteiger partial charge in [-0.2, -0.15) is 0 Å². The number of piperidine rings is 1. The molecule has 0 N–H and O–H groups in total. The Morgan fingerprint density at radius 2 is 1.80 bits per heavy atom. The lowest BCUT2D eigenvalue weighted by atomic mass is 9.97. The van der Waals surface area contributed by atoms with Crippen molar-refractivity contribution < 1.29 is 14.3 Å². The monoisotopic (exact) mass is 339 g/mol. The first-order valence-electron chi connectivity index (χ1n) is 8.78. The normalized spacial score (nSPS) is 15.0. The zero-order chi connectivity index (χ0) is 17.6. The summed E-state index contributed by atoms with van der Waals surface area (Å²) in [6.45, 7) is 4.33. The Kier molecular flexibility index (Phi) is 5.59. The van der Waals surface area contributed by atoms with Crippen LogP contribution in [0.5, 0.6) is 11.5 Å².